The number of benzene rings is 1. The average Bonchev–Trinajstić information content (AvgIpc) is 3.21. The Bertz CT molecular complexity index is 1020. The molecule has 192 valence electrons. The second-order valence-corrected chi connectivity index (χ2v) is 17.1. The van der Waals surface area contributed by atoms with E-state index in [0.717, 1.165) is 81.2 Å². The smallest absolute Gasteiger partial charge is 0.272 e. The quantitative estimate of drug-likeness (QED) is 0.418. The van der Waals surface area contributed by atoms with Crippen LogP contribution < -0.4 is 10.1 Å². The van der Waals surface area contributed by atoms with Gasteiger partial charge < -0.3 is 24.4 Å². The third-order valence-electron chi connectivity index (χ3n) is 7.59. The van der Waals surface area contributed by atoms with Crippen molar-refractivity contribution in [3.05, 3.63) is 23.9 Å². The minimum absolute atomic E-state index is 0.0992. The monoisotopic (exact) mass is 500 g/mol. The Morgan fingerprint density at radius 1 is 1.17 bits per heavy atom. The normalized spacial score (nSPS) is 25.2. The highest BCUT2D eigenvalue weighted by Gasteiger charge is 2.35. The van der Waals surface area contributed by atoms with Crippen molar-refractivity contribution in [2.24, 2.45) is 5.92 Å². The second-order valence-electron chi connectivity index (χ2n) is 11.5. The molecule has 4 aliphatic heterocycles. The lowest BCUT2D eigenvalue weighted by Gasteiger charge is -2.44. The van der Waals surface area contributed by atoms with Gasteiger partial charge in [0.05, 0.1) is 18.7 Å². The van der Waals surface area contributed by atoms with Crippen molar-refractivity contribution >= 4 is 24.9 Å². The van der Waals surface area contributed by atoms with Crippen molar-refractivity contribution in [3.63, 3.8) is 0 Å². The Kier molecular flexibility index (Phi) is 7.48. The predicted octanol–water partition coefficient (Wildman–Crippen LogP) is 3.73. The fourth-order valence-corrected chi connectivity index (χ4v) is 6.14. The van der Waals surface area contributed by atoms with E-state index >= 15 is 0 Å². The van der Waals surface area contributed by atoms with Gasteiger partial charge in [0.1, 0.15) is 18.6 Å². The fourth-order valence-electron chi connectivity index (χ4n) is 5.38. The van der Waals surface area contributed by atoms with Gasteiger partial charge in [-0.15, -0.1) is 0 Å². The lowest BCUT2D eigenvalue weighted by Crippen LogP contribution is -2.57. The molecule has 1 atom stereocenters. The fraction of sp³-hybridized carbons (Fsp3) is 0.692. The van der Waals surface area contributed by atoms with Gasteiger partial charge in [-0.1, -0.05) is 19.6 Å². The molecule has 1 N–H and O–H groups in total. The first-order valence-electron chi connectivity index (χ1n) is 13.2. The van der Waals surface area contributed by atoms with Crippen molar-refractivity contribution in [1.82, 2.24) is 20.0 Å². The standard InChI is InChI=1S/C26H40N4O4Si/c1-35(2,3)15-14-33-18-30-24-5-4-21(34-20-8-12-32-13-9-20)16-22(24)25(28-30)26(31)27-23-17-29-10-6-19(23)7-11-29/h4-5,16,19-20,23H,6-15,17-18H2,1-3H3,(H,27,31)/t23-/m0/s1. The molecule has 1 aromatic heterocycles. The Labute approximate surface area is 209 Å². The van der Waals surface area contributed by atoms with E-state index in [1.54, 1.807) is 0 Å². The van der Waals surface area contributed by atoms with Crippen LogP contribution in [-0.4, -0.2) is 80.3 Å². The molecular formula is C26H40N4O4Si. The largest absolute Gasteiger partial charge is 0.490 e. The SMILES string of the molecule is C[Si](C)(C)CCOCn1nc(C(=O)N[C@H]2CN3CCC2CC3)c2cc(OC3CCOCC3)ccc21. The Balaban J connectivity index is 1.36. The van der Waals surface area contributed by atoms with E-state index < -0.39 is 8.07 Å². The highest BCUT2D eigenvalue weighted by atomic mass is 28.3. The minimum atomic E-state index is -1.17. The second kappa shape index (κ2) is 10.6. The van der Waals surface area contributed by atoms with Crippen LogP contribution in [0.2, 0.25) is 25.7 Å². The number of carbonyl (C=O) groups is 1. The number of nitrogens with zero attached hydrogens (tertiary/aromatic N) is 3. The van der Waals surface area contributed by atoms with Crippen LogP contribution in [0.25, 0.3) is 10.9 Å². The summed E-state index contributed by atoms with van der Waals surface area (Å²) in [6.45, 7) is 12.8. The summed E-state index contributed by atoms with van der Waals surface area (Å²) in [5.41, 5.74) is 1.36. The molecule has 4 saturated heterocycles. The molecule has 0 saturated carbocycles. The third-order valence-corrected chi connectivity index (χ3v) is 9.29. The van der Waals surface area contributed by atoms with Crippen molar-refractivity contribution < 1.29 is 19.0 Å². The number of ether oxygens (including phenoxy) is 3. The van der Waals surface area contributed by atoms with Gasteiger partial charge in [0.15, 0.2) is 5.69 Å². The van der Waals surface area contributed by atoms with E-state index in [4.69, 9.17) is 19.3 Å². The van der Waals surface area contributed by atoms with E-state index in [2.05, 4.69) is 29.9 Å². The molecule has 6 rings (SSSR count). The number of piperidine rings is 3. The lowest BCUT2D eigenvalue weighted by atomic mass is 9.84. The van der Waals surface area contributed by atoms with Crippen LogP contribution in [0.3, 0.4) is 0 Å². The van der Waals surface area contributed by atoms with Crippen molar-refractivity contribution in [1.29, 1.82) is 0 Å². The van der Waals surface area contributed by atoms with Gasteiger partial charge >= 0.3 is 0 Å². The summed E-state index contributed by atoms with van der Waals surface area (Å²) in [7, 11) is -1.17. The lowest BCUT2D eigenvalue weighted by molar-refractivity contribution is 0.0256. The van der Waals surface area contributed by atoms with Crippen LogP contribution in [-0.2, 0) is 16.2 Å². The summed E-state index contributed by atoms with van der Waals surface area (Å²) in [6.07, 6.45) is 4.23. The van der Waals surface area contributed by atoms with Crippen LogP contribution >= 0.6 is 0 Å². The molecule has 2 bridgehead atoms. The number of aromatic nitrogens is 2. The van der Waals surface area contributed by atoms with Crippen LogP contribution in [0.5, 0.6) is 5.75 Å². The number of hydrogen-bond donors (Lipinski definition) is 1. The van der Waals surface area contributed by atoms with Crippen molar-refractivity contribution in [2.75, 3.05) is 39.5 Å². The zero-order valence-corrected chi connectivity index (χ0v) is 22.4. The van der Waals surface area contributed by atoms with Gasteiger partial charge in [0.25, 0.3) is 5.91 Å². The van der Waals surface area contributed by atoms with E-state index in [-0.39, 0.29) is 18.1 Å². The Morgan fingerprint density at radius 2 is 1.94 bits per heavy atom. The molecule has 2 aromatic rings. The zero-order valence-electron chi connectivity index (χ0n) is 21.4. The van der Waals surface area contributed by atoms with E-state index in [0.29, 0.717) is 24.9 Å². The molecule has 4 fully saturated rings. The first-order valence-corrected chi connectivity index (χ1v) is 16.9. The van der Waals surface area contributed by atoms with Gasteiger partial charge in [-0.2, -0.15) is 5.10 Å². The summed E-state index contributed by atoms with van der Waals surface area (Å²) in [5.74, 6) is 1.24. The van der Waals surface area contributed by atoms with Crippen LogP contribution in [0.1, 0.15) is 36.2 Å². The molecule has 1 amide bonds. The van der Waals surface area contributed by atoms with Crippen molar-refractivity contribution in [2.45, 2.75) is 70.2 Å². The summed E-state index contributed by atoms with van der Waals surface area (Å²) in [5, 5.41) is 8.87. The highest BCUT2D eigenvalue weighted by molar-refractivity contribution is 6.76. The number of fused-ring (bicyclic) bond motifs is 4. The van der Waals surface area contributed by atoms with E-state index in [9.17, 15) is 4.79 Å². The van der Waals surface area contributed by atoms with Gasteiger partial charge in [-0.25, -0.2) is 4.68 Å². The van der Waals surface area contributed by atoms with Crippen LogP contribution in [0.15, 0.2) is 18.2 Å². The highest BCUT2D eigenvalue weighted by Crippen LogP contribution is 2.29. The van der Waals surface area contributed by atoms with E-state index in [1.807, 2.05) is 22.9 Å². The summed E-state index contributed by atoms with van der Waals surface area (Å²) >= 11 is 0. The number of nitrogens with one attached hydrogen (secondary N) is 1. The van der Waals surface area contributed by atoms with Crippen LogP contribution in [0, 0.1) is 5.92 Å². The Morgan fingerprint density at radius 3 is 2.63 bits per heavy atom. The van der Waals surface area contributed by atoms with Crippen molar-refractivity contribution in [3.8, 4) is 5.75 Å². The van der Waals surface area contributed by atoms with Gasteiger partial charge in [-0.05, 0) is 56.1 Å². The molecule has 4 aliphatic rings. The maximum atomic E-state index is 13.5. The van der Waals surface area contributed by atoms with Gasteiger partial charge in [0, 0.05) is 45.5 Å². The zero-order chi connectivity index (χ0) is 24.4. The maximum Gasteiger partial charge on any atom is 0.272 e. The molecule has 0 unspecified atom stereocenters. The number of rotatable bonds is 9. The van der Waals surface area contributed by atoms with Crippen LogP contribution in [0.4, 0.5) is 0 Å². The summed E-state index contributed by atoms with van der Waals surface area (Å²) in [4.78, 5) is 15.9. The topological polar surface area (TPSA) is 77.9 Å². The molecule has 9 heteroatoms. The molecule has 0 aliphatic carbocycles. The molecule has 8 nitrogen and oxygen atoms in total. The molecule has 1 aromatic carbocycles. The molecule has 0 spiro atoms. The molecular weight excluding hydrogens is 460 g/mol. The van der Waals surface area contributed by atoms with Gasteiger partial charge in [-0.3, -0.25) is 4.79 Å². The third kappa shape index (κ3) is 6.07. The summed E-state index contributed by atoms with van der Waals surface area (Å²) in [6, 6.07) is 7.25. The van der Waals surface area contributed by atoms with Gasteiger partial charge in [0.2, 0.25) is 0 Å². The Hall–Kier alpha value is -1.94. The first-order chi connectivity index (χ1) is 16.9. The number of carbonyl (C=O) groups excluding carboxylic acids is 1. The minimum Gasteiger partial charge on any atom is -0.490 e. The molecule has 35 heavy (non-hydrogen) atoms. The summed E-state index contributed by atoms with van der Waals surface area (Å²) < 4.78 is 19.5. The first kappa shape index (κ1) is 24.7. The average molecular weight is 501 g/mol. The molecule has 5 heterocycles. The van der Waals surface area contributed by atoms with E-state index in [1.165, 1.54) is 0 Å². The number of amides is 1. The number of hydrogen-bond acceptors (Lipinski definition) is 6. The predicted molar refractivity (Wildman–Crippen MR) is 139 cm³/mol. The molecule has 0 radical (unpaired) electrons. The maximum absolute atomic E-state index is 13.5.